The Kier molecular flexibility index (Phi) is 5.85. The van der Waals surface area contributed by atoms with Crippen LogP contribution in [0.25, 0.3) is 0 Å². The smallest absolute Gasteiger partial charge is 0.136 e. The van der Waals surface area contributed by atoms with Gasteiger partial charge in [-0.25, -0.2) is 0 Å². The summed E-state index contributed by atoms with van der Waals surface area (Å²) >= 11 is 1.67. The van der Waals surface area contributed by atoms with Crippen molar-refractivity contribution in [3.63, 3.8) is 0 Å². The van der Waals surface area contributed by atoms with Crippen molar-refractivity contribution >= 4 is 17.5 Å². The maximum absolute atomic E-state index is 11.3. The van der Waals surface area contributed by atoms with E-state index in [4.69, 9.17) is 5.73 Å². The van der Waals surface area contributed by atoms with Crippen LogP contribution in [-0.4, -0.2) is 23.3 Å². The highest BCUT2D eigenvalue weighted by molar-refractivity contribution is 7.98. The molecule has 0 heterocycles. The second-order valence-corrected chi connectivity index (χ2v) is 4.24. The Morgan fingerprint density at radius 2 is 2.23 bits per heavy atom. The molecule has 0 saturated carbocycles. The van der Waals surface area contributed by atoms with Gasteiger partial charge in [0, 0.05) is 12.8 Å². The average molecular weight is 199 g/mol. The zero-order valence-corrected chi connectivity index (χ0v) is 9.33. The summed E-state index contributed by atoms with van der Waals surface area (Å²) < 4.78 is 0. The Morgan fingerprint density at radius 3 is 2.69 bits per heavy atom. The first-order chi connectivity index (χ1) is 6.02. The van der Waals surface area contributed by atoms with Crippen molar-refractivity contribution in [3.05, 3.63) is 0 Å². The van der Waals surface area contributed by atoms with Crippen molar-refractivity contribution in [2.45, 2.75) is 32.2 Å². The molecular formula is C10H17NOS. The Balaban J connectivity index is 3.94. The average Bonchev–Trinajstić information content (AvgIpc) is 1.99. The lowest BCUT2D eigenvalue weighted by molar-refractivity contribution is -0.119. The summed E-state index contributed by atoms with van der Waals surface area (Å²) in [6.45, 7) is 3.53. The minimum Gasteiger partial charge on any atom is -0.315 e. The standard InChI is InChI=1S/C10H17NOS/c1-4-6-10(2,11)8-9(12)5-7-13-3/h5,7-8,11H2,1-3H3. The van der Waals surface area contributed by atoms with E-state index in [9.17, 15) is 4.79 Å². The van der Waals surface area contributed by atoms with E-state index in [1.807, 2.05) is 6.26 Å². The molecule has 0 rings (SSSR count). The van der Waals surface area contributed by atoms with Crippen LogP contribution in [0, 0.1) is 11.8 Å². The molecule has 0 radical (unpaired) electrons. The number of carbonyl (C=O) groups excluding carboxylic acids is 1. The Bertz CT molecular complexity index is 225. The van der Waals surface area contributed by atoms with E-state index in [0.29, 0.717) is 12.8 Å². The van der Waals surface area contributed by atoms with Gasteiger partial charge in [0.05, 0.1) is 5.54 Å². The minimum atomic E-state index is -0.649. The first kappa shape index (κ1) is 12.5. The second kappa shape index (κ2) is 6.06. The number of ketones is 1. The molecular weight excluding hydrogens is 182 g/mol. The van der Waals surface area contributed by atoms with Gasteiger partial charge >= 0.3 is 0 Å². The number of rotatable bonds is 5. The van der Waals surface area contributed by atoms with E-state index in [1.165, 1.54) is 0 Å². The van der Waals surface area contributed by atoms with Crippen molar-refractivity contribution in [2.75, 3.05) is 12.0 Å². The molecule has 74 valence electrons. The molecule has 2 nitrogen and oxygen atoms in total. The molecule has 2 N–H and O–H groups in total. The number of nitrogens with two attached hydrogens (primary N) is 1. The third-order valence-electron chi connectivity index (χ3n) is 1.56. The number of hydrogen-bond donors (Lipinski definition) is 1. The van der Waals surface area contributed by atoms with Gasteiger partial charge in [0.15, 0.2) is 0 Å². The van der Waals surface area contributed by atoms with Crippen LogP contribution in [0.3, 0.4) is 0 Å². The van der Waals surface area contributed by atoms with Gasteiger partial charge < -0.3 is 5.73 Å². The van der Waals surface area contributed by atoms with Gasteiger partial charge in [-0.1, -0.05) is 5.92 Å². The lowest BCUT2D eigenvalue weighted by Gasteiger charge is -2.15. The highest BCUT2D eigenvalue weighted by atomic mass is 32.2. The van der Waals surface area contributed by atoms with E-state index >= 15 is 0 Å². The molecule has 0 aromatic heterocycles. The lowest BCUT2D eigenvalue weighted by atomic mass is 9.96. The molecule has 0 amide bonds. The molecule has 0 aromatic rings. The third-order valence-corrected chi connectivity index (χ3v) is 2.17. The second-order valence-electron chi connectivity index (χ2n) is 3.25. The SMILES string of the molecule is CC#CC(C)(N)CC(=O)CCSC. The fourth-order valence-electron chi connectivity index (χ4n) is 1.04. The van der Waals surface area contributed by atoms with E-state index in [-0.39, 0.29) is 5.78 Å². The highest BCUT2D eigenvalue weighted by Gasteiger charge is 2.18. The zero-order chi connectivity index (χ0) is 10.3. The van der Waals surface area contributed by atoms with Crippen molar-refractivity contribution in [1.29, 1.82) is 0 Å². The molecule has 3 heteroatoms. The third kappa shape index (κ3) is 6.68. The van der Waals surface area contributed by atoms with Crippen molar-refractivity contribution in [1.82, 2.24) is 0 Å². The van der Waals surface area contributed by atoms with Gasteiger partial charge in [0.2, 0.25) is 0 Å². The quantitative estimate of drug-likeness (QED) is 0.681. The molecule has 0 aliphatic rings. The van der Waals surface area contributed by atoms with E-state index in [0.717, 1.165) is 5.75 Å². The van der Waals surface area contributed by atoms with Crippen LogP contribution in [-0.2, 0) is 4.79 Å². The molecule has 0 saturated heterocycles. The fraction of sp³-hybridized carbons (Fsp3) is 0.700. The molecule has 0 spiro atoms. The topological polar surface area (TPSA) is 43.1 Å². The number of carbonyl (C=O) groups is 1. The summed E-state index contributed by atoms with van der Waals surface area (Å²) in [6.07, 6.45) is 2.94. The number of Topliss-reactive ketones (excluding diaryl/α,β-unsaturated/α-hetero) is 1. The van der Waals surface area contributed by atoms with Crippen LogP contribution in [0.5, 0.6) is 0 Å². The summed E-state index contributed by atoms with van der Waals surface area (Å²) in [5.41, 5.74) is 5.15. The monoisotopic (exact) mass is 199 g/mol. The molecule has 13 heavy (non-hydrogen) atoms. The molecule has 0 fully saturated rings. The maximum atomic E-state index is 11.3. The lowest BCUT2D eigenvalue weighted by Crippen LogP contribution is -2.36. The predicted molar refractivity (Wildman–Crippen MR) is 58.7 cm³/mol. The van der Waals surface area contributed by atoms with Crippen LogP contribution in [0.1, 0.15) is 26.7 Å². The Morgan fingerprint density at radius 1 is 1.62 bits per heavy atom. The summed E-state index contributed by atoms with van der Waals surface area (Å²) in [4.78, 5) is 11.3. The van der Waals surface area contributed by atoms with E-state index in [2.05, 4.69) is 11.8 Å². The van der Waals surface area contributed by atoms with Gasteiger partial charge in [0.1, 0.15) is 5.78 Å². The van der Waals surface area contributed by atoms with Crippen LogP contribution >= 0.6 is 11.8 Å². The summed E-state index contributed by atoms with van der Waals surface area (Å²) in [6, 6.07) is 0. The van der Waals surface area contributed by atoms with Gasteiger partial charge in [0.25, 0.3) is 0 Å². The normalized spacial score (nSPS) is 14.2. The minimum absolute atomic E-state index is 0.196. The van der Waals surface area contributed by atoms with Crippen LogP contribution in [0.15, 0.2) is 0 Å². The molecule has 0 aliphatic heterocycles. The summed E-state index contributed by atoms with van der Waals surface area (Å²) in [7, 11) is 0. The number of thioether (sulfide) groups is 1. The maximum Gasteiger partial charge on any atom is 0.136 e. The van der Waals surface area contributed by atoms with Crippen molar-refractivity contribution in [2.24, 2.45) is 5.73 Å². The van der Waals surface area contributed by atoms with Gasteiger partial charge in [-0.2, -0.15) is 11.8 Å². The number of hydrogen-bond acceptors (Lipinski definition) is 3. The van der Waals surface area contributed by atoms with Crippen molar-refractivity contribution in [3.8, 4) is 11.8 Å². The van der Waals surface area contributed by atoms with Gasteiger partial charge in [-0.3, -0.25) is 4.79 Å². The Labute approximate surface area is 84.6 Å². The van der Waals surface area contributed by atoms with Crippen LogP contribution in [0.4, 0.5) is 0 Å². The highest BCUT2D eigenvalue weighted by Crippen LogP contribution is 2.08. The van der Waals surface area contributed by atoms with Crippen LogP contribution < -0.4 is 5.73 Å². The largest absolute Gasteiger partial charge is 0.315 e. The molecule has 1 atom stereocenters. The molecule has 1 unspecified atom stereocenters. The van der Waals surface area contributed by atoms with E-state index < -0.39 is 5.54 Å². The van der Waals surface area contributed by atoms with Crippen molar-refractivity contribution < 1.29 is 4.79 Å². The first-order valence-electron chi connectivity index (χ1n) is 4.25. The first-order valence-corrected chi connectivity index (χ1v) is 5.64. The van der Waals surface area contributed by atoms with E-state index in [1.54, 1.807) is 25.6 Å². The predicted octanol–water partition coefficient (Wildman–Crippen LogP) is 1.44. The zero-order valence-electron chi connectivity index (χ0n) is 8.52. The fourth-order valence-corrected chi connectivity index (χ4v) is 1.48. The molecule has 0 aromatic carbocycles. The molecule has 0 aliphatic carbocycles. The van der Waals surface area contributed by atoms with Crippen LogP contribution in [0.2, 0.25) is 0 Å². The van der Waals surface area contributed by atoms with Gasteiger partial charge in [-0.05, 0) is 25.9 Å². The molecule has 0 bridgehead atoms. The summed E-state index contributed by atoms with van der Waals surface area (Å²) in [5.74, 6) is 6.63. The van der Waals surface area contributed by atoms with Gasteiger partial charge in [-0.15, -0.1) is 5.92 Å². The Hall–Kier alpha value is -0.460. The summed E-state index contributed by atoms with van der Waals surface area (Å²) in [5, 5.41) is 0.